The molecule has 1 aliphatic rings. The average molecular weight is 317 g/mol. The molecule has 2 N–H and O–H groups in total. The van der Waals surface area contributed by atoms with Crippen LogP contribution in [0.25, 0.3) is 0 Å². The Bertz CT molecular complexity index is 528. The van der Waals surface area contributed by atoms with E-state index in [-0.39, 0.29) is 17.5 Å². The number of piperidine rings is 1. The van der Waals surface area contributed by atoms with Crippen LogP contribution < -0.4 is 5.73 Å². The number of nitrogens with zero attached hydrogens (tertiary/aromatic N) is 2. The second-order valence-corrected chi connectivity index (χ2v) is 7.47. The summed E-state index contributed by atoms with van der Waals surface area (Å²) in [6.45, 7) is 12.1. The molecule has 0 saturated carbocycles. The highest BCUT2D eigenvalue weighted by atomic mass is 16.2. The van der Waals surface area contributed by atoms with Crippen molar-refractivity contribution in [2.24, 2.45) is 5.73 Å². The summed E-state index contributed by atoms with van der Waals surface area (Å²) in [6.07, 6.45) is 1.80. The van der Waals surface area contributed by atoms with Gasteiger partial charge in [0.1, 0.15) is 0 Å². The summed E-state index contributed by atoms with van der Waals surface area (Å²) in [4.78, 5) is 17.3. The van der Waals surface area contributed by atoms with Crippen LogP contribution in [0.3, 0.4) is 0 Å². The number of likely N-dealkylation sites (tertiary alicyclic amines) is 1. The molecule has 2 rings (SSSR count). The largest absolute Gasteiger partial charge is 0.339 e. The third kappa shape index (κ3) is 4.55. The van der Waals surface area contributed by atoms with Crippen molar-refractivity contribution in [1.82, 2.24) is 9.80 Å². The maximum atomic E-state index is 12.9. The highest BCUT2D eigenvalue weighted by Crippen LogP contribution is 2.21. The van der Waals surface area contributed by atoms with Gasteiger partial charge < -0.3 is 10.6 Å². The van der Waals surface area contributed by atoms with E-state index in [9.17, 15) is 4.79 Å². The smallest absolute Gasteiger partial charge is 0.254 e. The number of nitrogens with two attached hydrogens (primary N) is 1. The van der Waals surface area contributed by atoms with Crippen molar-refractivity contribution >= 4 is 5.91 Å². The fourth-order valence-electron chi connectivity index (χ4n) is 3.17. The maximum absolute atomic E-state index is 12.9. The van der Waals surface area contributed by atoms with Crippen LogP contribution >= 0.6 is 0 Å². The molecule has 1 aliphatic heterocycles. The van der Waals surface area contributed by atoms with Crippen molar-refractivity contribution in [1.29, 1.82) is 0 Å². The predicted molar refractivity (Wildman–Crippen MR) is 95.4 cm³/mol. The van der Waals surface area contributed by atoms with E-state index in [1.165, 1.54) is 0 Å². The lowest BCUT2D eigenvalue weighted by Gasteiger charge is -2.36. The Hall–Kier alpha value is -1.39. The van der Waals surface area contributed by atoms with E-state index in [4.69, 9.17) is 5.73 Å². The minimum absolute atomic E-state index is 0.0861. The van der Waals surface area contributed by atoms with Crippen molar-refractivity contribution < 1.29 is 4.79 Å². The Labute approximate surface area is 140 Å². The first-order valence-corrected chi connectivity index (χ1v) is 8.70. The Morgan fingerprint density at radius 1 is 1.26 bits per heavy atom. The fourth-order valence-corrected chi connectivity index (χ4v) is 3.17. The van der Waals surface area contributed by atoms with E-state index in [1.54, 1.807) is 0 Å². The fraction of sp³-hybridized carbons (Fsp3) is 0.632. The van der Waals surface area contributed by atoms with E-state index in [0.717, 1.165) is 50.1 Å². The summed E-state index contributed by atoms with van der Waals surface area (Å²) in [5.74, 6) is 0.150. The first kappa shape index (κ1) is 18.0. The number of benzene rings is 1. The first-order valence-electron chi connectivity index (χ1n) is 8.70. The summed E-state index contributed by atoms with van der Waals surface area (Å²) in [6, 6.07) is 8.26. The third-order valence-corrected chi connectivity index (χ3v) is 4.77. The van der Waals surface area contributed by atoms with Gasteiger partial charge >= 0.3 is 0 Å². The summed E-state index contributed by atoms with van der Waals surface area (Å²) < 4.78 is 0. The second kappa shape index (κ2) is 7.45. The van der Waals surface area contributed by atoms with Gasteiger partial charge in [0.25, 0.3) is 5.91 Å². The lowest BCUT2D eigenvalue weighted by Crippen LogP contribution is -2.44. The van der Waals surface area contributed by atoms with E-state index >= 15 is 0 Å². The topological polar surface area (TPSA) is 49.6 Å². The van der Waals surface area contributed by atoms with Crippen LogP contribution in [0.5, 0.6) is 0 Å². The Balaban J connectivity index is 2.18. The van der Waals surface area contributed by atoms with Gasteiger partial charge in [-0.15, -0.1) is 0 Å². The number of hydrogen-bond donors (Lipinski definition) is 1. The Kier molecular flexibility index (Phi) is 5.82. The van der Waals surface area contributed by atoms with Crippen LogP contribution in [0.2, 0.25) is 0 Å². The zero-order chi connectivity index (χ0) is 17.0. The molecule has 0 bridgehead atoms. The highest BCUT2D eigenvalue weighted by Gasteiger charge is 2.25. The average Bonchev–Trinajstić information content (AvgIpc) is 2.52. The van der Waals surface area contributed by atoms with Gasteiger partial charge in [0.05, 0.1) is 0 Å². The first-order chi connectivity index (χ1) is 10.8. The molecule has 1 fully saturated rings. The highest BCUT2D eigenvalue weighted by molar-refractivity contribution is 5.95. The molecule has 4 nitrogen and oxygen atoms in total. The Morgan fingerprint density at radius 2 is 1.87 bits per heavy atom. The molecule has 0 aromatic heterocycles. The summed E-state index contributed by atoms with van der Waals surface area (Å²) in [5, 5.41) is 0. The van der Waals surface area contributed by atoms with E-state index in [1.807, 2.05) is 23.1 Å². The minimum Gasteiger partial charge on any atom is -0.339 e. The standard InChI is InChI=1S/C19H31N3O/c1-5-22(19(2,3)4)14-15-8-6-7-9-17(15)18(23)21-12-10-16(20)11-13-21/h6-9,16H,5,10-14,20H2,1-4H3. The molecular weight excluding hydrogens is 286 g/mol. The van der Waals surface area contributed by atoms with Crippen LogP contribution in [-0.4, -0.2) is 46.9 Å². The van der Waals surface area contributed by atoms with Gasteiger partial charge in [0.15, 0.2) is 0 Å². The van der Waals surface area contributed by atoms with Crippen molar-refractivity contribution in [2.45, 2.75) is 58.7 Å². The van der Waals surface area contributed by atoms with Crippen LogP contribution in [0, 0.1) is 0 Å². The molecule has 1 saturated heterocycles. The quantitative estimate of drug-likeness (QED) is 0.929. The zero-order valence-corrected chi connectivity index (χ0v) is 15.0. The van der Waals surface area contributed by atoms with Gasteiger partial charge in [0, 0.05) is 36.8 Å². The minimum atomic E-state index is 0.0861. The molecule has 0 unspecified atom stereocenters. The van der Waals surface area contributed by atoms with Gasteiger partial charge in [0.2, 0.25) is 0 Å². The molecule has 0 aliphatic carbocycles. The SMILES string of the molecule is CCN(Cc1ccccc1C(=O)N1CCC(N)CC1)C(C)(C)C. The molecule has 128 valence electrons. The molecular formula is C19H31N3O. The predicted octanol–water partition coefficient (Wildman–Crippen LogP) is 2.87. The zero-order valence-electron chi connectivity index (χ0n) is 15.0. The number of rotatable bonds is 4. The van der Waals surface area contributed by atoms with Gasteiger partial charge in [-0.3, -0.25) is 9.69 Å². The van der Waals surface area contributed by atoms with Crippen LogP contribution in [0.15, 0.2) is 24.3 Å². The van der Waals surface area contributed by atoms with Crippen molar-refractivity contribution in [3.8, 4) is 0 Å². The van der Waals surface area contributed by atoms with E-state index in [2.05, 4.69) is 38.7 Å². The molecule has 1 amide bonds. The molecule has 4 heteroatoms. The molecule has 23 heavy (non-hydrogen) atoms. The maximum Gasteiger partial charge on any atom is 0.254 e. The second-order valence-electron chi connectivity index (χ2n) is 7.47. The number of carbonyl (C=O) groups is 1. The van der Waals surface area contributed by atoms with Crippen LogP contribution in [-0.2, 0) is 6.54 Å². The normalized spacial score (nSPS) is 16.9. The number of hydrogen-bond acceptors (Lipinski definition) is 3. The number of amides is 1. The summed E-state index contributed by atoms with van der Waals surface area (Å²) in [5.41, 5.74) is 7.99. The summed E-state index contributed by atoms with van der Waals surface area (Å²) in [7, 11) is 0. The van der Waals surface area contributed by atoms with Crippen molar-refractivity contribution in [2.75, 3.05) is 19.6 Å². The van der Waals surface area contributed by atoms with Gasteiger partial charge in [-0.1, -0.05) is 25.1 Å². The summed E-state index contributed by atoms with van der Waals surface area (Å²) >= 11 is 0. The lowest BCUT2D eigenvalue weighted by atomic mass is 10.00. The molecule has 0 radical (unpaired) electrons. The molecule has 0 spiro atoms. The molecule has 1 aromatic rings. The van der Waals surface area contributed by atoms with Crippen LogP contribution in [0.1, 0.15) is 56.5 Å². The third-order valence-electron chi connectivity index (χ3n) is 4.77. The Morgan fingerprint density at radius 3 is 2.43 bits per heavy atom. The van der Waals surface area contributed by atoms with Gasteiger partial charge in [-0.05, 0) is 51.8 Å². The van der Waals surface area contributed by atoms with Gasteiger partial charge in [-0.2, -0.15) is 0 Å². The van der Waals surface area contributed by atoms with Crippen molar-refractivity contribution in [3.05, 3.63) is 35.4 Å². The molecule has 1 heterocycles. The van der Waals surface area contributed by atoms with E-state index in [0.29, 0.717) is 0 Å². The lowest BCUT2D eigenvalue weighted by molar-refractivity contribution is 0.0709. The van der Waals surface area contributed by atoms with E-state index < -0.39 is 0 Å². The van der Waals surface area contributed by atoms with Crippen molar-refractivity contribution in [3.63, 3.8) is 0 Å². The number of carbonyl (C=O) groups excluding carboxylic acids is 1. The van der Waals surface area contributed by atoms with Crippen LogP contribution in [0.4, 0.5) is 0 Å². The van der Waals surface area contributed by atoms with Gasteiger partial charge in [-0.25, -0.2) is 0 Å². The molecule has 1 aromatic carbocycles. The monoisotopic (exact) mass is 317 g/mol. The molecule has 0 atom stereocenters.